The molecular formula is C20H30N3O2+. The van der Waals surface area contributed by atoms with Gasteiger partial charge in [0.2, 0.25) is 5.91 Å². The van der Waals surface area contributed by atoms with Gasteiger partial charge in [-0.3, -0.25) is 9.59 Å². The van der Waals surface area contributed by atoms with Crippen LogP contribution in [-0.2, 0) is 16.0 Å². The molecule has 2 saturated heterocycles. The van der Waals surface area contributed by atoms with Crippen LogP contribution in [0.4, 0.5) is 0 Å². The minimum atomic E-state index is -0.216. The molecule has 2 aliphatic heterocycles. The number of amides is 2. The highest BCUT2D eigenvalue weighted by Gasteiger charge is 2.30. The van der Waals surface area contributed by atoms with Gasteiger partial charge < -0.3 is 15.5 Å². The van der Waals surface area contributed by atoms with E-state index in [1.165, 1.54) is 10.5 Å². The average Bonchev–Trinajstić information content (AvgIpc) is 2.63. The standard InChI is InChI=1S/C20H29N3O2/c21-20(25)18-7-4-10-22(14-18)15-19(24)23-11-8-17(9-12-23)13-16-5-2-1-3-6-16/h1-3,5-6,17-18H,4,7-15H2,(H2,21,25)/p+1/t18-/m1/s1. The van der Waals surface area contributed by atoms with Crippen LogP contribution in [0.25, 0.3) is 0 Å². The highest BCUT2D eigenvalue weighted by atomic mass is 16.2. The summed E-state index contributed by atoms with van der Waals surface area (Å²) < 4.78 is 0. The maximum absolute atomic E-state index is 12.6. The molecule has 1 aromatic carbocycles. The zero-order valence-corrected chi connectivity index (χ0v) is 15.0. The number of hydrogen-bond acceptors (Lipinski definition) is 2. The molecule has 5 heteroatoms. The van der Waals surface area contributed by atoms with E-state index >= 15 is 0 Å². The normalized spacial score (nSPS) is 24.9. The van der Waals surface area contributed by atoms with E-state index in [0.29, 0.717) is 19.0 Å². The summed E-state index contributed by atoms with van der Waals surface area (Å²) in [7, 11) is 0. The number of benzene rings is 1. The second-order valence-corrected chi connectivity index (χ2v) is 7.64. The summed E-state index contributed by atoms with van der Waals surface area (Å²) in [5, 5.41) is 0. The van der Waals surface area contributed by atoms with Crippen molar-refractivity contribution in [3.05, 3.63) is 35.9 Å². The number of primary amides is 1. The van der Waals surface area contributed by atoms with E-state index in [1.807, 2.05) is 4.90 Å². The van der Waals surface area contributed by atoms with Crippen LogP contribution in [-0.4, -0.2) is 49.4 Å². The molecule has 1 unspecified atom stereocenters. The Hall–Kier alpha value is -1.88. The number of carbonyl (C=O) groups excluding carboxylic acids is 2. The lowest BCUT2D eigenvalue weighted by molar-refractivity contribution is -0.899. The third-order valence-corrected chi connectivity index (χ3v) is 5.76. The quantitative estimate of drug-likeness (QED) is 0.804. The Bertz CT molecular complexity index is 582. The lowest BCUT2D eigenvalue weighted by atomic mass is 9.90. The van der Waals surface area contributed by atoms with Gasteiger partial charge >= 0.3 is 0 Å². The molecule has 0 radical (unpaired) electrons. The molecule has 1 aromatic rings. The molecule has 2 atom stereocenters. The smallest absolute Gasteiger partial charge is 0.277 e. The molecule has 2 fully saturated rings. The van der Waals surface area contributed by atoms with E-state index in [4.69, 9.17) is 5.73 Å². The maximum atomic E-state index is 12.6. The van der Waals surface area contributed by atoms with Gasteiger partial charge in [0.1, 0.15) is 0 Å². The molecule has 0 spiro atoms. The van der Waals surface area contributed by atoms with E-state index in [2.05, 4.69) is 30.3 Å². The van der Waals surface area contributed by atoms with Crippen molar-refractivity contribution in [3.8, 4) is 0 Å². The summed E-state index contributed by atoms with van der Waals surface area (Å²) in [6.45, 7) is 3.92. The summed E-state index contributed by atoms with van der Waals surface area (Å²) in [5.41, 5.74) is 6.83. The summed E-state index contributed by atoms with van der Waals surface area (Å²) in [5.74, 6) is 0.630. The Balaban J connectivity index is 1.43. The van der Waals surface area contributed by atoms with E-state index in [0.717, 1.165) is 51.7 Å². The van der Waals surface area contributed by atoms with Crippen molar-refractivity contribution in [2.75, 3.05) is 32.7 Å². The molecule has 0 aliphatic carbocycles. The summed E-state index contributed by atoms with van der Waals surface area (Å²) >= 11 is 0. The van der Waals surface area contributed by atoms with Crippen molar-refractivity contribution in [3.63, 3.8) is 0 Å². The van der Waals surface area contributed by atoms with Crippen LogP contribution in [0.15, 0.2) is 30.3 Å². The summed E-state index contributed by atoms with van der Waals surface area (Å²) in [6, 6.07) is 10.6. The first kappa shape index (κ1) is 17.9. The van der Waals surface area contributed by atoms with Gasteiger partial charge in [0, 0.05) is 13.1 Å². The molecule has 0 saturated carbocycles. The lowest BCUT2D eigenvalue weighted by Crippen LogP contribution is -3.15. The molecule has 2 amide bonds. The number of nitrogens with two attached hydrogens (primary N) is 1. The number of carbonyl (C=O) groups is 2. The van der Waals surface area contributed by atoms with Gasteiger partial charge in [0.15, 0.2) is 6.54 Å². The van der Waals surface area contributed by atoms with E-state index in [1.54, 1.807) is 0 Å². The Morgan fingerprint density at radius 3 is 2.52 bits per heavy atom. The fraction of sp³-hybridized carbons (Fsp3) is 0.600. The zero-order valence-electron chi connectivity index (χ0n) is 15.0. The molecule has 2 aliphatic rings. The monoisotopic (exact) mass is 344 g/mol. The SMILES string of the molecule is NC(=O)[C@@H]1CCC[NH+](CC(=O)N2CCC(Cc3ccccc3)CC2)C1. The van der Waals surface area contributed by atoms with Gasteiger partial charge in [0.25, 0.3) is 5.91 Å². The van der Waals surface area contributed by atoms with Crippen LogP contribution in [0.2, 0.25) is 0 Å². The average molecular weight is 344 g/mol. The van der Waals surface area contributed by atoms with Crippen LogP contribution >= 0.6 is 0 Å². The van der Waals surface area contributed by atoms with Crippen LogP contribution in [0.1, 0.15) is 31.2 Å². The van der Waals surface area contributed by atoms with Gasteiger partial charge in [-0.2, -0.15) is 0 Å². The van der Waals surface area contributed by atoms with Crippen molar-refractivity contribution in [1.82, 2.24) is 4.90 Å². The number of likely N-dealkylation sites (tertiary alicyclic amines) is 2. The molecule has 2 heterocycles. The largest absolute Gasteiger partial charge is 0.369 e. The van der Waals surface area contributed by atoms with Crippen LogP contribution in [0, 0.1) is 11.8 Å². The number of quaternary nitrogens is 1. The molecule has 0 aromatic heterocycles. The lowest BCUT2D eigenvalue weighted by Gasteiger charge is -2.34. The number of piperidine rings is 2. The van der Waals surface area contributed by atoms with Gasteiger partial charge in [0.05, 0.1) is 19.0 Å². The van der Waals surface area contributed by atoms with Crippen LogP contribution in [0.5, 0.6) is 0 Å². The Morgan fingerprint density at radius 2 is 1.84 bits per heavy atom. The highest BCUT2D eigenvalue weighted by Crippen LogP contribution is 2.21. The van der Waals surface area contributed by atoms with Crippen LogP contribution in [0.3, 0.4) is 0 Å². The zero-order chi connectivity index (χ0) is 17.6. The van der Waals surface area contributed by atoms with Gasteiger partial charge in [-0.15, -0.1) is 0 Å². The fourth-order valence-corrected chi connectivity index (χ4v) is 4.21. The molecule has 3 rings (SSSR count). The van der Waals surface area contributed by atoms with E-state index in [9.17, 15) is 9.59 Å². The Labute approximate surface area is 150 Å². The molecule has 3 N–H and O–H groups in total. The maximum Gasteiger partial charge on any atom is 0.277 e. The first-order valence-electron chi connectivity index (χ1n) is 9.56. The summed E-state index contributed by atoms with van der Waals surface area (Å²) in [6.07, 6.45) is 5.13. The number of rotatable bonds is 5. The number of hydrogen-bond donors (Lipinski definition) is 2. The highest BCUT2D eigenvalue weighted by molar-refractivity contribution is 5.78. The minimum Gasteiger partial charge on any atom is -0.369 e. The molecule has 0 bridgehead atoms. The molecular weight excluding hydrogens is 314 g/mol. The van der Waals surface area contributed by atoms with Crippen molar-refractivity contribution >= 4 is 11.8 Å². The van der Waals surface area contributed by atoms with E-state index in [-0.39, 0.29) is 17.7 Å². The topological polar surface area (TPSA) is 67.8 Å². The predicted molar refractivity (Wildman–Crippen MR) is 96.9 cm³/mol. The number of nitrogens with zero attached hydrogens (tertiary/aromatic N) is 1. The minimum absolute atomic E-state index is 0.0619. The van der Waals surface area contributed by atoms with Crippen molar-refractivity contribution in [2.24, 2.45) is 17.6 Å². The van der Waals surface area contributed by atoms with Crippen LogP contribution < -0.4 is 10.6 Å². The Kier molecular flexibility index (Phi) is 6.08. The molecule has 136 valence electrons. The fourth-order valence-electron chi connectivity index (χ4n) is 4.21. The molecule has 25 heavy (non-hydrogen) atoms. The number of nitrogens with one attached hydrogen (secondary N) is 1. The third-order valence-electron chi connectivity index (χ3n) is 5.76. The third kappa shape index (κ3) is 5.05. The second kappa shape index (κ2) is 8.48. The molecule has 5 nitrogen and oxygen atoms in total. The first-order chi connectivity index (χ1) is 12.1. The summed E-state index contributed by atoms with van der Waals surface area (Å²) in [4.78, 5) is 27.2. The van der Waals surface area contributed by atoms with E-state index < -0.39 is 0 Å². The predicted octanol–water partition coefficient (Wildman–Crippen LogP) is 0.248. The first-order valence-corrected chi connectivity index (χ1v) is 9.56. The van der Waals surface area contributed by atoms with Gasteiger partial charge in [-0.05, 0) is 43.6 Å². The van der Waals surface area contributed by atoms with Gasteiger partial charge in [-0.1, -0.05) is 30.3 Å². The van der Waals surface area contributed by atoms with Crippen molar-refractivity contribution in [1.29, 1.82) is 0 Å². The second-order valence-electron chi connectivity index (χ2n) is 7.64. The van der Waals surface area contributed by atoms with Gasteiger partial charge in [-0.25, -0.2) is 0 Å². The Morgan fingerprint density at radius 1 is 1.12 bits per heavy atom. The van der Waals surface area contributed by atoms with Crippen molar-refractivity contribution in [2.45, 2.75) is 32.1 Å². The van der Waals surface area contributed by atoms with Crippen molar-refractivity contribution < 1.29 is 14.5 Å².